The number of carbonyl (C=O) groups excluding carboxylic acids is 1. The monoisotopic (exact) mass is 332 g/mol. The Morgan fingerprint density at radius 2 is 2.22 bits per heavy atom. The fourth-order valence-corrected chi connectivity index (χ4v) is 3.50. The third-order valence-electron chi connectivity index (χ3n) is 3.90. The first kappa shape index (κ1) is 16.0. The predicted molar refractivity (Wildman–Crippen MR) is 91.1 cm³/mol. The molecule has 23 heavy (non-hydrogen) atoms. The van der Waals surface area contributed by atoms with Crippen LogP contribution in [-0.2, 0) is 9.53 Å². The van der Waals surface area contributed by atoms with Gasteiger partial charge in [-0.2, -0.15) is 0 Å². The minimum absolute atomic E-state index is 0.00358. The van der Waals surface area contributed by atoms with Crippen LogP contribution in [0.15, 0.2) is 29.6 Å². The van der Waals surface area contributed by atoms with Crippen molar-refractivity contribution in [3.8, 4) is 17.0 Å². The summed E-state index contributed by atoms with van der Waals surface area (Å²) in [4.78, 5) is 18.3. The van der Waals surface area contributed by atoms with Crippen LogP contribution in [0, 0.1) is 0 Å². The molecule has 0 spiro atoms. The van der Waals surface area contributed by atoms with Crippen LogP contribution in [0.25, 0.3) is 11.3 Å². The molecular formula is C17H20N2O3S. The number of amides is 1. The van der Waals surface area contributed by atoms with E-state index in [0.717, 1.165) is 41.6 Å². The van der Waals surface area contributed by atoms with Crippen molar-refractivity contribution in [3.63, 3.8) is 0 Å². The molecule has 1 amide bonds. The first-order valence-corrected chi connectivity index (χ1v) is 8.55. The number of ether oxygens (including phenoxy) is 2. The van der Waals surface area contributed by atoms with Gasteiger partial charge in [0, 0.05) is 24.5 Å². The van der Waals surface area contributed by atoms with Gasteiger partial charge >= 0.3 is 0 Å². The van der Waals surface area contributed by atoms with Crippen LogP contribution < -0.4 is 9.64 Å². The van der Waals surface area contributed by atoms with E-state index in [-0.39, 0.29) is 12.0 Å². The van der Waals surface area contributed by atoms with Crippen molar-refractivity contribution in [2.45, 2.75) is 25.9 Å². The number of methoxy groups -OCH3 is 1. The van der Waals surface area contributed by atoms with Gasteiger partial charge in [0.25, 0.3) is 0 Å². The summed E-state index contributed by atoms with van der Waals surface area (Å²) in [5, 5.41) is 2.70. The molecule has 1 unspecified atom stereocenters. The lowest BCUT2D eigenvalue weighted by Gasteiger charge is -2.21. The number of thiazole rings is 1. The molecule has 0 aliphatic carbocycles. The standard InChI is InChI=1S/C17H20N2O3S/c1-12(20)19(10-15-4-3-9-22-15)17-18-16(11-23-17)13-5-7-14(21-2)8-6-13/h5-8,11,15H,3-4,9-10H2,1-2H3. The molecule has 3 rings (SSSR count). The highest BCUT2D eigenvalue weighted by molar-refractivity contribution is 7.14. The number of hydrogen-bond acceptors (Lipinski definition) is 5. The fourth-order valence-electron chi connectivity index (χ4n) is 2.62. The van der Waals surface area contributed by atoms with Crippen molar-refractivity contribution >= 4 is 22.4 Å². The van der Waals surface area contributed by atoms with E-state index in [0.29, 0.717) is 6.54 Å². The molecule has 1 fully saturated rings. The molecule has 1 saturated heterocycles. The molecule has 122 valence electrons. The van der Waals surface area contributed by atoms with Gasteiger partial charge in [-0.15, -0.1) is 11.3 Å². The first-order valence-electron chi connectivity index (χ1n) is 7.67. The molecule has 1 aromatic heterocycles. The zero-order chi connectivity index (χ0) is 16.2. The van der Waals surface area contributed by atoms with Gasteiger partial charge < -0.3 is 9.47 Å². The van der Waals surface area contributed by atoms with Crippen molar-refractivity contribution in [3.05, 3.63) is 29.6 Å². The molecule has 2 aromatic rings. The zero-order valence-electron chi connectivity index (χ0n) is 13.3. The van der Waals surface area contributed by atoms with E-state index in [1.807, 2.05) is 29.6 Å². The maximum atomic E-state index is 12.0. The van der Waals surface area contributed by atoms with E-state index >= 15 is 0 Å². The predicted octanol–water partition coefficient (Wildman–Crippen LogP) is 3.35. The summed E-state index contributed by atoms with van der Waals surface area (Å²) in [7, 11) is 1.64. The Labute approximate surface area is 139 Å². The van der Waals surface area contributed by atoms with Crippen molar-refractivity contribution < 1.29 is 14.3 Å². The minimum atomic E-state index is -0.00358. The SMILES string of the molecule is COc1ccc(-c2csc(N(CC3CCCO3)C(C)=O)n2)cc1. The highest BCUT2D eigenvalue weighted by Crippen LogP contribution is 2.29. The lowest BCUT2D eigenvalue weighted by atomic mass is 10.2. The van der Waals surface area contributed by atoms with Crippen LogP contribution in [0.3, 0.4) is 0 Å². The Kier molecular flexibility index (Phi) is 4.93. The van der Waals surface area contributed by atoms with E-state index in [4.69, 9.17) is 9.47 Å². The van der Waals surface area contributed by atoms with Gasteiger partial charge in [0.05, 0.1) is 25.5 Å². The zero-order valence-corrected chi connectivity index (χ0v) is 14.1. The number of benzene rings is 1. The average molecular weight is 332 g/mol. The molecule has 0 radical (unpaired) electrons. The number of nitrogens with zero attached hydrogens (tertiary/aromatic N) is 2. The van der Waals surface area contributed by atoms with Crippen LogP contribution in [0.5, 0.6) is 5.75 Å². The number of anilines is 1. The van der Waals surface area contributed by atoms with Crippen molar-refractivity contribution in [1.82, 2.24) is 4.98 Å². The normalized spacial score (nSPS) is 17.2. The summed E-state index contributed by atoms with van der Waals surface area (Å²) in [6.07, 6.45) is 2.18. The molecule has 0 bridgehead atoms. The molecule has 0 saturated carbocycles. The van der Waals surface area contributed by atoms with E-state index < -0.39 is 0 Å². The summed E-state index contributed by atoms with van der Waals surface area (Å²) in [5.41, 5.74) is 1.88. The largest absolute Gasteiger partial charge is 0.497 e. The lowest BCUT2D eigenvalue weighted by molar-refractivity contribution is -0.116. The maximum Gasteiger partial charge on any atom is 0.225 e. The Hall–Kier alpha value is -1.92. The Balaban J connectivity index is 1.78. The topological polar surface area (TPSA) is 51.7 Å². The molecular weight excluding hydrogens is 312 g/mol. The van der Waals surface area contributed by atoms with Gasteiger partial charge in [0.15, 0.2) is 5.13 Å². The lowest BCUT2D eigenvalue weighted by Crippen LogP contribution is -2.35. The number of carbonyl (C=O) groups is 1. The maximum absolute atomic E-state index is 12.0. The molecule has 1 aliphatic heterocycles. The van der Waals surface area contributed by atoms with E-state index in [1.165, 1.54) is 11.3 Å². The van der Waals surface area contributed by atoms with Crippen LogP contribution in [0.4, 0.5) is 5.13 Å². The van der Waals surface area contributed by atoms with Crippen molar-refractivity contribution in [2.24, 2.45) is 0 Å². The van der Waals surface area contributed by atoms with Gasteiger partial charge in [-0.1, -0.05) is 0 Å². The molecule has 2 heterocycles. The molecule has 1 atom stereocenters. The summed E-state index contributed by atoms with van der Waals surface area (Å²) in [6.45, 7) is 2.93. The van der Waals surface area contributed by atoms with Crippen LogP contribution in [0.1, 0.15) is 19.8 Å². The smallest absolute Gasteiger partial charge is 0.225 e. The molecule has 5 nitrogen and oxygen atoms in total. The van der Waals surface area contributed by atoms with Gasteiger partial charge in [0.2, 0.25) is 5.91 Å². The third kappa shape index (κ3) is 3.71. The van der Waals surface area contributed by atoms with Gasteiger partial charge in [-0.05, 0) is 37.1 Å². The number of rotatable bonds is 5. The van der Waals surface area contributed by atoms with E-state index in [2.05, 4.69) is 4.98 Å². The average Bonchev–Trinajstić information content (AvgIpc) is 3.24. The Bertz CT molecular complexity index is 663. The van der Waals surface area contributed by atoms with Crippen LogP contribution in [-0.4, -0.2) is 37.3 Å². The van der Waals surface area contributed by atoms with E-state index in [1.54, 1.807) is 18.9 Å². The van der Waals surface area contributed by atoms with Gasteiger partial charge in [-0.3, -0.25) is 9.69 Å². The fraction of sp³-hybridized carbons (Fsp3) is 0.412. The van der Waals surface area contributed by atoms with Gasteiger partial charge in [-0.25, -0.2) is 4.98 Å². The van der Waals surface area contributed by atoms with Crippen molar-refractivity contribution in [2.75, 3.05) is 25.2 Å². The van der Waals surface area contributed by atoms with Gasteiger partial charge in [0.1, 0.15) is 5.75 Å². The highest BCUT2D eigenvalue weighted by atomic mass is 32.1. The van der Waals surface area contributed by atoms with E-state index in [9.17, 15) is 4.79 Å². The molecule has 1 aliphatic rings. The third-order valence-corrected chi connectivity index (χ3v) is 4.76. The van der Waals surface area contributed by atoms with Crippen molar-refractivity contribution in [1.29, 1.82) is 0 Å². The second-order valence-corrected chi connectivity index (χ2v) is 6.35. The van der Waals surface area contributed by atoms with Crippen LogP contribution in [0.2, 0.25) is 0 Å². The minimum Gasteiger partial charge on any atom is -0.497 e. The Morgan fingerprint density at radius 1 is 1.43 bits per heavy atom. The highest BCUT2D eigenvalue weighted by Gasteiger charge is 2.23. The summed E-state index contributed by atoms with van der Waals surface area (Å²) in [5.74, 6) is 0.809. The molecule has 1 aromatic carbocycles. The van der Waals surface area contributed by atoms with Crippen LogP contribution >= 0.6 is 11.3 Å². The second-order valence-electron chi connectivity index (χ2n) is 5.51. The Morgan fingerprint density at radius 3 is 2.83 bits per heavy atom. The number of hydrogen-bond donors (Lipinski definition) is 0. The second kappa shape index (κ2) is 7.10. The first-order chi connectivity index (χ1) is 11.2. The molecule has 6 heteroatoms. The summed E-state index contributed by atoms with van der Waals surface area (Å²) in [6, 6.07) is 7.75. The molecule has 0 N–H and O–H groups in total. The quantitative estimate of drug-likeness (QED) is 0.842. The summed E-state index contributed by atoms with van der Waals surface area (Å²) < 4.78 is 10.8. The number of aromatic nitrogens is 1. The summed E-state index contributed by atoms with van der Waals surface area (Å²) >= 11 is 1.48.